The highest BCUT2D eigenvalue weighted by molar-refractivity contribution is 5.96. The summed E-state index contributed by atoms with van der Waals surface area (Å²) in [5, 5.41) is 0. The molecule has 0 aliphatic carbocycles. The van der Waals surface area contributed by atoms with Crippen molar-refractivity contribution < 1.29 is 19.1 Å². The highest BCUT2D eigenvalue weighted by Gasteiger charge is 2.30. The fourth-order valence-electron chi connectivity index (χ4n) is 4.28. The van der Waals surface area contributed by atoms with Gasteiger partial charge in [-0.1, -0.05) is 12.1 Å². The lowest BCUT2D eigenvalue weighted by atomic mass is 10.1. The SMILES string of the molecule is CCOc1ccc(CC(=O)N2CCC(Oc3ncccc3C(=O)N3CCCCC3)C2)cc1. The zero-order valence-electron chi connectivity index (χ0n) is 18.7. The standard InChI is InChI=1S/C25H31N3O4/c1-2-31-20-10-8-19(9-11-20)17-23(29)28-16-12-21(18-28)32-24-22(7-6-13-26-24)25(30)27-14-4-3-5-15-27/h6-11,13,21H,2-5,12,14-18H2,1H3. The lowest BCUT2D eigenvalue weighted by Crippen LogP contribution is -2.36. The van der Waals surface area contributed by atoms with Crippen LogP contribution in [0.3, 0.4) is 0 Å². The van der Waals surface area contributed by atoms with Crippen molar-refractivity contribution in [2.75, 3.05) is 32.8 Å². The van der Waals surface area contributed by atoms with Crippen molar-refractivity contribution in [2.24, 2.45) is 0 Å². The van der Waals surface area contributed by atoms with E-state index in [1.54, 1.807) is 18.3 Å². The van der Waals surface area contributed by atoms with Crippen LogP contribution >= 0.6 is 0 Å². The van der Waals surface area contributed by atoms with Crippen molar-refractivity contribution in [1.82, 2.24) is 14.8 Å². The summed E-state index contributed by atoms with van der Waals surface area (Å²) in [5.41, 5.74) is 1.47. The first-order valence-corrected chi connectivity index (χ1v) is 11.5. The van der Waals surface area contributed by atoms with Crippen LogP contribution in [0.25, 0.3) is 0 Å². The molecule has 170 valence electrons. The molecular formula is C25H31N3O4. The maximum absolute atomic E-state index is 13.0. The Morgan fingerprint density at radius 2 is 1.81 bits per heavy atom. The van der Waals surface area contributed by atoms with Gasteiger partial charge in [-0.15, -0.1) is 0 Å². The van der Waals surface area contributed by atoms with E-state index in [0.717, 1.165) is 43.7 Å². The van der Waals surface area contributed by atoms with Crippen molar-refractivity contribution in [1.29, 1.82) is 0 Å². The smallest absolute Gasteiger partial charge is 0.259 e. The van der Waals surface area contributed by atoms with Crippen molar-refractivity contribution in [3.05, 3.63) is 53.7 Å². The largest absolute Gasteiger partial charge is 0.494 e. The number of ether oxygens (including phenoxy) is 2. The quantitative estimate of drug-likeness (QED) is 0.664. The molecule has 2 fully saturated rings. The molecule has 7 nitrogen and oxygen atoms in total. The monoisotopic (exact) mass is 437 g/mol. The average molecular weight is 438 g/mol. The molecule has 2 aliphatic rings. The Morgan fingerprint density at radius 1 is 1.03 bits per heavy atom. The summed E-state index contributed by atoms with van der Waals surface area (Å²) in [6.45, 7) is 5.28. The second kappa shape index (κ2) is 10.5. The number of nitrogens with zero attached hydrogens (tertiary/aromatic N) is 3. The fraction of sp³-hybridized carbons (Fsp3) is 0.480. The van der Waals surface area contributed by atoms with Gasteiger partial charge in [0.05, 0.1) is 19.6 Å². The van der Waals surface area contributed by atoms with Gasteiger partial charge in [-0.05, 0) is 56.0 Å². The van der Waals surface area contributed by atoms with Crippen LogP contribution in [0.2, 0.25) is 0 Å². The highest BCUT2D eigenvalue weighted by Crippen LogP contribution is 2.24. The lowest BCUT2D eigenvalue weighted by Gasteiger charge is -2.27. The molecule has 0 saturated carbocycles. The van der Waals surface area contributed by atoms with E-state index in [2.05, 4.69) is 4.98 Å². The molecule has 2 aromatic rings. The van der Waals surface area contributed by atoms with E-state index in [1.807, 2.05) is 41.0 Å². The molecule has 3 heterocycles. The molecule has 1 atom stereocenters. The zero-order chi connectivity index (χ0) is 22.3. The van der Waals surface area contributed by atoms with Crippen molar-refractivity contribution in [3.8, 4) is 11.6 Å². The van der Waals surface area contributed by atoms with E-state index < -0.39 is 0 Å². The molecule has 7 heteroatoms. The zero-order valence-corrected chi connectivity index (χ0v) is 18.7. The maximum atomic E-state index is 13.0. The van der Waals surface area contributed by atoms with Crippen LogP contribution in [0.4, 0.5) is 0 Å². The highest BCUT2D eigenvalue weighted by atomic mass is 16.5. The van der Waals surface area contributed by atoms with Crippen LogP contribution in [0.5, 0.6) is 11.6 Å². The first-order chi connectivity index (χ1) is 15.6. The number of hydrogen-bond acceptors (Lipinski definition) is 5. The van der Waals surface area contributed by atoms with Crippen LogP contribution in [0.15, 0.2) is 42.6 Å². The van der Waals surface area contributed by atoms with Gasteiger partial charge >= 0.3 is 0 Å². The molecule has 2 saturated heterocycles. The predicted octanol–water partition coefficient (Wildman–Crippen LogP) is 3.33. The van der Waals surface area contributed by atoms with Crippen LogP contribution in [0, 0.1) is 0 Å². The molecule has 4 rings (SSSR count). The van der Waals surface area contributed by atoms with Gasteiger partial charge in [-0.3, -0.25) is 9.59 Å². The lowest BCUT2D eigenvalue weighted by molar-refractivity contribution is -0.129. The van der Waals surface area contributed by atoms with Crippen LogP contribution in [-0.4, -0.2) is 65.5 Å². The predicted molar refractivity (Wildman–Crippen MR) is 121 cm³/mol. The molecule has 1 aromatic heterocycles. The number of rotatable bonds is 7. The molecule has 2 amide bonds. The van der Waals surface area contributed by atoms with Crippen LogP contribution in [0.1, 0.15) is 48.5 Å². The molecule has 2 aliphatic heterocycles. The molecule has 1 aromatic carbocycles. The van der Waals surface area contributed by atoms with Gasteiger partial charge in [-0.25, -0.2) is 4.98 Å². The van der Waals surface area contributed by atoms with Crippen molar-refractivity contribution in [3.63, 3.8) is 0 Å². The van der Waals surface area contributed by atoms with E-state index in [1.165, 1.54) is 6.42 Å². The molecule has 1 unspecified atom stereocenters. The summed E-state index contributed by atoms with van der Waals surface area (Å²) in [7, 11) is 0. The van der Waals surface area contributed by atoms with Crippen LogP contribution in [-0.2, 0) is 11.2 Å². The first-order valence-electron chi connectivity index (χ1n) is 11.5. The number of aromatic nitrogens is 1. The van der Waals surface area contributed by atoms with Crippen LogP contribution < -0.4 is 9.47 Å². The van der Waals surface area contributed by atoms with Gasteiger partial charge < -0.3 is 19.3 Å². The van der Waals surface area contributed by atoms with E-state index in [0.29, 0.717) is 37.6 Å². The minimum atomic E-state index is -0.165. The molecule has 32 heavy (non-hydrogen) atoms. The average Bonchev–Trinajstić information content (AvgIpc) is 3.30. The summed E-state index contributed by atoms with van der Waals surface area (Å²) >= 11 is 0. The minimum absolute atomic E-state index is 0.0192. The fourth-order valence-corrected chi connectivity index (χ4v) is 4.28. The first kappa shape index (κ1) is 22.1. The number of amides is 2. The third-order valence-corrected chi connectivity index (χ3v) is 6.01. The number of pyridine rings is 1. The molecule has 0 spiro atoms. The molecule has 0 bridgehead atoms. The third kappa shape index (κ3) is 5.39. The topological polar surface area (TPSA) is 72.0 Å². The summed E-state index contributed by atoms with van der Waals surface area (Å²) in [4.78, 5) is 33.8. The summed E-state index contributed by atoms with van der Waals surface area (Å²) in [5.74, 6) is 1.23. The van der Waals surface area contributed by atoms with Gasteiger partial charge in [0.15, 0.2) is 0 Å². The van der Waals surface area contributed by atoms with Gasteiger partial charge in [0.1, 0.15) is 17.4 Å². The molecule has 0 radical (unpaired) electrons. The normalized spacial score (nSPS) is 18.5. The molecule has 0 N–H and O–H groups in total. The third-order valence-electron chi connectivity index (χ3n) is 6.01. The Labute approximate surface area is 189 Å². The van der Waals surface area contributed by atoms with Crippen molar-refractivity contribution in [2.45, 2.75) is 45.1 Å². The van der Waals surface area contributed by atoms with E-state index in [-0.39, 0.29) is 17.9 Å². The summed E-state index contributed by atoms with van der Waals surface area (Å²) in [6, 6.07) is 11.2. The number of carbonyl (C=O) groups is 2. The number of benzene rings is 1. The van der Waals surface area contributed by atoms with E-state index >= 15 is 0 Å². The number of likely N-dealkylation sites (tertiary alicyclic amines) is 2. The summed E-state index contributed by atoms with van der Waals surface area (Å²) < 4.78 is 11.6. The minimum Gasteiger partial charge on any atom is -0.494 e. The van der Waals surface area contributed by atoms with E-state index in [4.69, 9.17) is 9.47 Å². The van der Waals surface area contributed by atoms with E-state index in [9.17, 15) is 9.59 Å². The van der Waals surface area contributed by atoms with Crippen molar-refractivity contribution >= 4 is 11.8 Å². The van der Waals surface area contributed by atoms with Gasteiger partial charge in [-0.2, -0.15) is 0 Å². The van der Waals surface area contributed by atoms with Gasteiger partial charge in [0.25, 0.3) is 5.91 Å². The number of hydrogen-bond donors (Lipinski definition) is 0. The second-order valence-corrected chi connectivity index (χ2v) is 8.33. The Bertz CT molecular complexity index is 925. The Balaban J connectivity index is 1.34. The van der Waals surface area contributed by atoms with Gasteiger partial charge in [0.2, 0.25) is 11.8 Å². The Morgan fingerprint density at radius 3 is 2.56 bits per heavy atom. The molecular weight excluding hydrogens is 406 g/mol. The second-order valence-electron chi connectivity index (χ2n) is 8.33. The Hall–Kier alpha value is -3.09. The number of carbonyl (C=O) groups excluding carboxylic acids is 2. The number of piperidine rings is 1. The Kier molecular flexibility index (Phi) is 7.24. The maximum Gasteiger partial charge on any atom is 0.259 e. The summed E-state index contributed by atoms with van der Waals surface area (Å²) in [6.07, 6.45) is 5.80. The van der Waals surface area contributed by atoms with Gasteiger partial charge in [0, 0.05) is 32.3 Å².